The average Bonchev–Trinajstić information content (AvgIpc) is 2.54. The highest BCUT2D eigenvalue weighted by atomic mass is 16.5. The molecule has 0 saturated carbocycles. The van der Waals surface area contributed by atoms with Crippen LogP contribution in [0.25, 0.3) is 0 Å². The molecule has 0 aliphatic rings. The highest BCUT2D eigenvalue weighted by Crippen LogP contribution is 2.19. The van der Waals surface area contributed by atoms with Crippen LogP contribution in [0.5, 0.6) is 5.75 Å². The Hall–Kier alpha value is -2.33. The van der Waals surface area contributed by atoms with Gasteiger partial charge in [-0.3, -0.25) is 4.79 Å². The lowest BCUT2D eigenvalue weighted by Gasteiger charge is -2.18. The molecule has 4 heteroatoms. The minimum absolute atomic E-state index is 0.137. The molecule has 2 aromatic rings. The Morgan fingerprint density at radius 1 is 1.10 bits per heavy atom. The molecule has 4 nitrogen and oxygen atoms in total. The Morgan fingerprint density at radius 3 is 2.43 bits per heavy atom. The summed E-state index contributed by atoms with van der Waals surface area (Å²) in [5.41, 5.74) is 7.76. The average molecular weight is 284 g/mol. The molecule has 0 aromatic heterocycles. The number of hydrogen-bond acceptors (Lipinski definition) is 3. The van der Waals surface area contributed by atoms with Gasteiger partial charge in [-0.15, -0.1) is 0 Å². The molecule has 0 bridgehead atoms. The number of nitrogens with two attached hydrogens (primary N) is 1. The molecule has 0 aliphatic heterocycles. The maximum atomic E-state index is 12.2. The summed E-state index contributed by atoms with van der Waals surface area (Å²) in [5, 5.41) is 2.93. The number of carbonyl (C=O) groups is 1. The number of benzene rings is 2. The van der Waals surface area contributed by atoms with Crippen LogP contribution in [-0.4, -0.2) is 13.0 Å². The van der Waals surface area contributed by atoms with Gasteiger partial charge in [-0.2, -0.15) is 0 Å². The van der Waals surface area contributed by atoms with Gasteiger partial charge in [0, 0.05) is 0 Å². The lowest BCUT2D eigenvalue weighted by atomic mass is 10.0. The Balaban J connectivity index is 2.04. The monoisotopic (exact) mass is 284 g/mol. The molecule has 21 heavy (non-hydrogen) atoms. The number of methoxy groups -OCH3 is 1. The van der Waals surface area contributed by atoms with Crippen LogP contribution in [0.3, 0.4) is 0 Å². The Labute approximate surface area is 124 Å². The van der Waals surface area contributed by atoms with Gasteiger partial charge in [0.15, 0.2) is 0 Å². The lowest BCUT2D eigenvalue weighted by Crippen LogP contribution is -2.35. The first kappa shape index (κ1) is 15.1. The molecule has 1 amide bonds. The fourth-order valence-corrected chi connectivity index (χ4v) is 2.11. The molecule has 0 fully saturated rings. The van der Waals surface area contributed by atoms with E-state index in [0.717, 1.165) is 16.9 Å². The summed E-state index contributed by atoms with van der Waals surface area (Å²) in [6.45, 7) is 1.92. The van der Waals surface area contributed by atoms with Crippen molar-refractivity contribution in [3.8, 4) is 5.75 Å². The summed E-state index contributed by atoms with van der Waals surface area (Å²) in [5.74, 6) is 0.567. The first-order chi connectivity index (χ1) is 10.1. The second-order valence-electron chi connectivity index (χ2n) is 4.90. The van der Waals surface area contributed by atoms with Crippen LogP contribution < -0.4 is 15.8 Å². The largest absolute Gasteiger partial charge is 0.497 e. The van der Waals surface area contributed by atoms with Crippen LogP contribution in [0.1, 0.15) is 30.1 Å². The fourth-order valence-electron chi connectivity index (χ4n) is 2.11. The van der Waals surface area contributed by atoms with Gasteiger partial charge in [-0.05, 0) is 30.2 Å². The molecule has 3 N–H and O–H groups in total. The topological polar surface area (TPSA) is 64.3 Å². The number of amides is 1. The van der Waals surface area contributed by atoms with E-state index in [1.54, 1.807) is 7.11 Å². The number of nitrogens with one attached hydrogen (secondary N) is 1. The third-order valence-corrected chi connectivity index (χ3v) is 3.39. The van der Waals surface area contributed by atoms with Crippen molar-refractivity contribution in [3.63, 3.8) is 0 Å². The quantitative estimate of drug-likeness (QED) is 0.887. The summed E-state index contributed by atoms with van der Waals surface area (Å²) in [6.07, 6.45) is 0. The molecule has 110 valence electrons. The fraction of sp³-hybridized carbons (Fsp3) is 0.235. The van der Waals surface area contributed by atoms with Gasteiger partial charge in [0.05, 0.1) is 13.2 Å². The highest BCUT2D eigenvalue weighted by molar-refractivity contribution is 5.83. The minimum Gasteiger partial charge on any atom is -0.497 e. The predicted octanol–water partition coefficient (Wildman–Crippen LogP) is 2.57. The normalized spacial score (nSPS) is 13.3. The molecule has 0 unspecified atom stereocenters. The smallest absolute Gasteiger partial charge is 0.241 e. The first-order valence-electron chi connectivity index (χ1n) is 6.86. The van der Waals surface area contributed by atoms with Gasteiger partial charge >= 0.3 is 0 Å². The van der Waals surface area contributed by atoms with E-state index in [4.69, 9.17) is 10.5 Å². The van der Waals surface area contributed by atoms with Gasteiger partial charge in [0.2, 0.25) is 5.91 Å². The maximum Gasteiger partial charge on any atom is 0.241 e. The zero-order chi connectivity index (χ0) is 15.2. The number of carbonyl (C=O) groups excluding carboxylic acids is 1. The molecule has 0 saturated heterocycles. The van der Waals surface area contributed by atoms with Crippen molar-refractivity contribution < 1.29 is 9.53 Å². The highest BCUT2D eigenvalue weighted by Gasteiger charge is 2.18. The van der Waals surface area contributed by atoms with Crippen molar-refractivity contribution >= 4 is 5.91 Å². The summed E-state index contributed by atoms with van der Waals surface area (Å²) in [4.78, 5) is 12.2. The molecule has 0 heterocycles. The summed E-state index contributed by atoms with van der Waals surface area (Å²) in [6, 6.07) is 16.1. The SMILES string of the molecule is COc1cccc([C@@H](C)NC(=O)[C@@H](N)c2ccccc2)c1. The van der Waals surface area contributed by atoms with Gasteiger partial charge in [-0.1, -0.05) is 42.5 Å². The van der Waals surface area contributed by atoms with Crippen molar-refractivity contribution in [2.75, 3.05) is 7.11 Å². The van der Waals surface area contributed by atoms with Crippen LogP contribution in [0, 0.1) is 0 Å². The van der Waals surface area contributed by atoms with E-state index in [-0.39, 0.29) is 11.9 Å². The van der Waals surface area contributed by atoms with E-state index in [1.165, 1.54) is 0 Å². The van der Waals surface area contributed by atoms with Crippen molar-refractivity contribution in [3.05, 3.63) is 65.7 Å². The van der Waals surface area contributed by atoms with Gasteiger partial charge in [0.1, 0.15) is 11.8 Å². The summed E-state index contributed by atoms with van der Waals surface area (Å²) < 4.78 is 5.19. The van der Waals surface area contributed by atoms with E-state index in [0.29, 0.717) is 0 Å². The van der Waals surface area contributed by atoms with E-state index in [1.807, 2.05) is 61.5 Å². The molecule has 2 rings (SSSR count). The van der Waals surface area contributed by atoms with E-state index >= 15 is 0 Å². The Morgan fingerprint density at radius 2 is 1.76 bits per heavy atom. The number of hydrogen-bond donors (Lipinski definition) is 2. The number of ether oxygens (including phenoxy) is 1. The lowest BCUT2D eigenvalue weighted by molar-refractivity contribution is -0.123. The second kappa shape index (κ2) is 6.90. The molecule has 2 aromatic carbocycles. The van der Waals surface area contributed by atoms with E-state index in [9.17, 15) is 4.79 Å². The van der Waals surface area contributed by atoms with Crippen LogP contribution >= 0.6 is 0 Å². The van der Waals surface area contributed by atoms with Crippen molar-refractivity contribution in [1.29, 1.82) is 0 Å². The molecular formula is C17H20N2O2. The molecule has 0 spiro atoms. The minimum atomic E-state index is -0.667. The standard InChI is InChI=1S/C17H20N2O2/c1-12(14-9-6-10-15(11-14)21-2)19-17(20)16(18)13-7-4-3-5-8-13/h3-12,16H,18H2,1-2H3,(H,19,20)/t12-,16+/m1/s1. The Kier molecular flexibility index (Phi) is 4.95. The van der Waals surface area contributed by atoms with Crippen molar-refractivity contribution in [2.24, 2.45) is 5.73 Å². The zero-order valence-electron chi connectivity index (χ0n) is 12.2. The third kappa shape index (κ3) is 3.83. The molecular weight excluding hydrogens is 264 g/mol. The van der Waals surface area contributed by atoms with Gasteiger partial charge in [0.25, 0.3) is 0 Å². The van der Waals surface area contributed by atoms with Gasteiger partial charge in [-0.25, -0.2) is 0 Å². The Bertz CT molecular complexity index is 599. The van der Waals surface area contributed by atoms with Crippen LogP contribution in [0.4, 0.5) is 0 Å². The summed E-state index contributed by atoms with van der Waals surface area (Å²) in [7, 11) is 1.62. The number of rotatable bonds is 5. The van der Waals surface area contributed by atoms with Gasteiger partial charge < -0.3 is 15.8 Å². The van der Waals surface area contributed by atoms with Crippen LogP contribution in [-0.2, 0) is 4.79 Å². The van der Waals surface area contributed by atoms with Crippen molar-refractivity contribution in [1.82, 2.24) is 5.32 Å². The molecule has 2 atom stereocenters. The second-order valence-corrected chi connectivity index (χ2v) is 4.90. The maximum absolute atomic E-state index is 12.2. The van der Waals surface area contributed by atoms with E-state index in [2.05, 4.69) is 5.32 Å². The summed E-state index contributed by atoms with van der Waals surface area (Å²) >= 11 is 0. The predicted molar refractivity (Wildman–Crippen MR) is 82.9 cm³/mol. The molecule has 0 aliphatic carbocycles. The first-order valence-corrected chi connectivity index (χ1v) is 6.86. The zero-order valence-corrected chi connectivity index (χ0v) is 12.2. The van der Waals surface area contributed by atoms with Crippen molar-refractivity contribution in [2.45, 2.75) is 19.0 Å². The third-order valence-electron chi connectivity index (χ3n) is 3.39. The van der Waals surface area contributed by atoms with E-state index < -0.39 is 6.04 Å². The van der Waals surface area contributed by atoms with Crippen LogP contribution in [0.2, 0.25) is 0 Å². The molecule has 0 radical (unpaired) electrons. The van der Waals surface area contributed by atoms with Crippen LogP contribution in [0.15, 0.2) is 54.6 Å².